The number of carbonyl (C=O) groups excluding carboxylic acids is 2. The van der Waals surface area contributed by atoms with Gasteiger partial charge >= 0.3 is 11.9 Å². The largest absolute Gasteiger partial charge is 0.466 e. The quantitative estimate of drug-likeness (QED) is 0.551. The summed E-state index contributed by atoms with van der Waals surface area (Å²) in [7, 11) is -2.84. The molecule has 7 nitrogen and oxygen atoms in total. The summed E-state index contributed by atoms with van der Waals surface area (Å²) in [5.41, 5.74) is 0.901. The van der Waals surface area contributed by atoms with Crippen LogP contribution in [0.4, 0.5) is 0 Å². The highest BCUT2D eigenvalue weighted by molar-refractivity contribution is 7.89. The maximum atomic E-state index is 13.2. The lowest BCUT2D eigenvalue weighted by atomic mass is 10.1. The fourth-order valence-electron chi connectivity index (χ4n) is 3.01. The van der Waals surface area contributed by atoms with Gasteiger partial charge in [0.1, 0.15) is 6.04 Å². The zero-order valence-electron chi connectivity index (χ0n) is 15.1. The molecule has 0 radical (unpaired) electrons. The Bertz CT molecular complexity index is 799. The molecule has 0 bridgehead atoms. The van der Waals surface area contributed by atoms with Crippen molar-refractivity contribution in [3.8, 4) is 0 Å². The lowest BCUT2D eigenvalue weighted by molar-refractivity contribution is -0.147. The monoisotopic (exact) mass is 381 g/mol. The Labute approximate surface area is 153 Å². The van der Waals surface area contributed by atoms with Crippen LogP contribution in [-0.4, -0.2) is 50.5 Å². The van der Waals surface area contributed by atoms with E-state index in [2.05, 4.69) is 11.3 Å². The molecule has 142 valence electrons. The third-order valence-electron chi connectivity index (χ3n) is 4.33. The minimum atomic E-state index is -4.04. The minimum absolute atomic E-state index is 0.00464. The number of carbonyl (C=O) groups is 2. The standard InChI is InChI=1S/C18H23NO6S/c1-5-25-18(21)16-11-10-15(13(3)17(20)24-4)19(16)26(22,23)14-8-6-12(2)7-9-14/h6-9,15-16H,3,5,10-11H2,1-2,4H3/t15-,16-/m1/s1. The Morgan fingerprint density at radius 2 is 1.77 bits per heavy atom. The molecule has 1 fully saturated rings. The zero-order valence-corrected chi connectivity index (χ0v) is 15.9. The van der Waals surface area contributed by atoms with E-state index in [1.165, 1.54) is 19.2 Å². The number of esters is 2. The number of ether oxygens (including phenoxy) is 2. The third kappa shape index (κ3) is 3.81. The van der Waals surface area contributed by atoms with Gasteiger partial charge in [-0.15, -0.1) is 0 Å². The maximum Gasteiger partial charge on any atom is 0.334 e. The number of aryl methyl sites for hydroxylation is 1. The molecule has 0 spiro atoms. The van der Waals surface area contributed by atoms with E-state index < -0.39 is 34.0 Å². The Morgan fingerprint density at radius 1 is 1.19 bits per heavy atom. The van der Waals surface area contributed by atoms with E-state index in [0.717, 1.165) is 9.87 Å². The van der Waals surface area contributed by atoms with Crippen molar-refractivity contribution in [2.24, 2.45) is 0 Å². The van der Waals surface area contributed by atoms with Gasteiger partial charge in [-0.2, -0.15) is 4.31 Å². The van der Waals surface area contributed by atoms with Crippen LogP contribution in [0.5, 0.6) is 0 Å². The molecule has 1 aromatic rings. The molecular weight excluding hydrogens is 358 g/mol. The van der Waals surface area contributed by atoms with E-state index in [1.807, 2.05) is 6.92 Å². The number of hydrogen-bond donors (Lipinski definition) is 0. The fourth-order valence-corrected chi connectivity index (χ4v) is 4.83. The van der Waals surface area contributed by atoms with Crippen molar-refractivity contribution < 1.29 is 27.5 Å². The second-order valence-corrected chi connectivity index (χ2v) is 7.87. The molecule has 0 amide bonds. The Hall–Kier alpha value is -2.19. The Balaban J connectivity index is 2.49. The topological polar surface area (TPSA) is 90.0 Å². The Kier molecular flexibility index (Phi) is 6.20. The zero-order chi connectivity index (χ0) is 19.5. The number of methoxy groups -OCH3 is 1. The van der Waals surface area contributed by atoms with Crippen molar-refractivity contribution in [2.75, 3.05) is 13.7 Å². The van der Waals surface area contributed by atoms with Gasteiger partial charge in [0.15, 0.2) is 0 Å². The van der Waals surface area contributed by atoms with Crippen LogP contribution in [0.15, 0.2) is 41.3 Å². The molecule has 0 saturated carbocycles. The van der Waals surface area contributed by atoms with Gasteiger partial charge in [0.05, 0.1) is 24.7 Å². The number of benzene rings is 1. The molecule has 26 heavy (non-hydrogen) atoms. The van der Waals surface area contributed by atoms with Gasteiger partial charge in [-0.3, -0.25) is 4.79 Å². The highest BCUT2D eigenvalue weighted by Crippen LogP contribution is 2.35. The van der Waals surface area contributed by atoms with E-state index in [4.69, 9.17) is 4.74 Å². The van der Waals surface area contributed by atoms with Crippen LogP contribution >= 0.6 is 0 Å². The van der Waals surface area contributed by atoms with E-state index >= 15 is 0 Å². The highest BCUT2D eigenvalue weighted by Gasteiger charge is 2.48. The predicted octanol–water partition coefficient (Wildman–Crippen LogP) is 1.81. The second-order valence-electron chi connectivity index (χ2n) is 6.03. The molecule has 1 aliphatic rings. The summed E-state index contributed by atoms with van der Waals surface area (Å²) < 4.78 is 37.2. The summed E-state index contributed by atoms with van der Waals surface area (Å²) in [5, 5.41) is 0. The summed E-state index contributed by atoms with van der Waals surface area (Å²) in [6.07, 6.45) is 0.521. The Morgan fingerprint density at radius 3 is 2.31 bits per heavy atom. The molecule has 1 aliphatic heterocycles. The first-order chi connectivity index (χ1) is 12.2. The van der Waals surface area contributed by atoms with Gasteiger partial charge < -0.3 is 9.47 Å². The minimum Gasteiger partial charge on any atom is -0.466 e. The van der Waals surface area contributed by atoms with Crippen molar-refractivity contribution in [1.29, 1.82) is 0 Å². The van der Waals surface area contributed by atoms with Gasteiger partial charge in [-0.1, -0.05) is 24.3 Å². The molecule has 1 heterocycles. The van der Waals surface area contributed by atoms with Crippen LogP contribution in [0.1, 0.15) is 25.3 Å². The van der Waals surface area contributed by atoms with Crippen LogP contribution in [0, 0.1) is 6.92 Å². The van der Waals surface area contributed by atoms with E-state index in [1.54, 1.807) is 19.1 Å². The summed E-state index contributed by atoms with van der Waals surface area (Å²) in [6, 6.07) is 4.43. The SMILES string of the molecule is C=C(C(=O)OC)[C@H]1CC[C@H](C(=O)OCC)N1S(=O)(=O)c1ccc(C)cc1. The molecule has 0 unspecified atom stereocenters. The van der Waals surface area contributed by atoms with Gasteiger partial charge in [0, 0.05) is 5.57 Å². The average Bonchev–Trinajstić information content (AvgIpc) is 3.07. The lowest BCUT2D eigenvalue weighted by Crippen LogP contribution is -2.46. The lowest BCUT2D eigenvalue weighted by Gasteiger charge is -2.28. The van der Waals surface area contributed by atoms with Crippen molar-refractivity contribution in [2.45, 2.75) is 43.7 Å². The predicted molar refractivity (Wildman–Crippen MR) is 94.8 cm³/mol. The van der Waals surface area contributed by atoms with Crippen LogP contribution < -0.4 is 0 Å². The normalized spacial score (nSPS) is 20.6. The van der Waals surface area contributed by atoms with Gasteiger partial charge in [0.2, 0.25) is 10.0 Å². The van der Waals surface area contributed by atoms with Crippen molar-refractivity contribution in [3.05, 3.63) is 42.0 Å². The van der Waals surface area contributed by atoms with E-state index in [0.29, 0.717) is 0 Å². The van der Waals surface area contributed by atoms with Crippen LogP contribution in [0.25, 0.3) is 0 Å². The van der Waals surface area contributed by atoms with E-state index in [9.17, 15) is 18.0 Å². The summed E-state index contributed by atoms with van der Waals surface area (Å²) in [4.78, 5) is 24.3. The molecule has 8 heteroatoms. The van der Waals surface area contributed by atoms with Crippen molar-refractivity contribution in [1.82, 2.24) is 4.31 Å². The summed E-state index contributed by atoms with van der Waals surface area (Å²) in [5.74, 6) is -1.34. The van der Waals surface area contributed by atoms with Crippen molar-refractivity contribution >= 4 is 22.0 Å². The molecule has 1 saturated heterocycles. The molecule has 0 aliphatic carbocycles. The summed E-state index contributed by atoms with van der Waals surface area (Å²) in [6.45, 7) is 7.31. The molecule has 0 aromatic heterocycles. The molecule has 2 atom stereocenters. The first kappa shape index (κ1) is 20.1. The second kappa shape index (κ2) is 8.01. The molecule has 2 rings (SSSR count). The van der Waals surface area contributed by atoms with Gasteiger partial charge in [0.25, 0.3) is 0 Å². The average molecular weight is 381 g/mol. The number of nitrogens with zero attached hydrogens (tertiary/aromatic N) is 1. The number of sulfonamides is 1. The van der Waals surface area contributed by atoms with Crippen LogP contribution in [0.3, 0.4) is 0 Å². The first-order valence-corrected chi connectivity index (χ1v) is 9.72. The maximum absolute atomic E-state index is 13.2. The van der Waals surface area contributed by atoms with Crippen molar-refractivity contribution in [3.63, 3.8) is 0 Å². The van der Waals surface area contributed by atoms with Gasteiger partial charge in [-0.25, -0.2) is 13.2 Å². The number of hydrogen-bond acceptors (Lipinski definition) is 6. The number of rotatable bonds is 6. The van der Waals surface area contributed by atoms with Crippen LogP contribution in [0.2, 0.25) is 0 Å². The smallest absolute Gasteiger partial charge is 0.334 e. The summed E-state index contributed by atoms with van der Waals surface area (Å²) >= 11 is 0. The van der Waals surface area contributed by atoms with Crippen LogP contribution in [-0.2, 0) is 29.1 Å². The molecular formula is C18H23NO6S. The molecule has 1 aromatic carbocycles. The van der Waals surface area contributed by atoms with Gasteiger partial charge in [-0.05, 0) is 38.8 Å². The first-order valence-electron chi connectivity index (χ1n) is 8.28. The fraction of sp³-hybridized carbons (Fsp3) is 0.444. The third-order valence-corrected chi connectivity index (χ3v) is 6.26. The molecule has 0 N–H and O–H groups in total. The highest BCUT2D eigenvalue weighted by atomic mass is 32.2. The van der Waals surface area contributed by atoms with E-state index in [-0.39, 0.29) is 29.9 Å².